The van der Waals surface area contributed by atoms with Gasteiger partial charge in [-0.15, -0.1) is 0 Å². The molecule has 2 rings (SSSR count). The summed E-state index contributed by atoms with van der Waals surface area (Å²) in [5.41, 5.74) is -1.95. The average molecular weight is 259 g/mol. The van der Waals surface area contributed by atoms with Crippen LogP contribution >= 0.6 is 11.8 Å². The maximum Gasteiger partial charge on any atom is 0.330 e. The second-order valence-electron chi connectivity index (χ2n) is 4.83. The number of carboxylic acid groups (broad SMARTS) is 1. The van der Waals surface area contributed by atoms with Crippen LogP contribution in [-0.4, -0.2) is 46.2 Å². The largest absolute Gasteiger partial charge is 0.479 e. The van der Waals surface area contributed by atoms with Crippen LogP contribution in [0.3, 0.4) is 0 Å². The van der Waals surface area contributed by atoms with E-state index in [0.717, 1.165) is 12.2 Å². The van der Waals surface area contributed by atoms with Crippen LogP contribution in [0.4, 0.5) is 0 Å². The van der Waals surface area contributed by atoms with E-state index in [-0.39, 0.29) is 5.91 Å². The fraction of sp³-hybridized carbons (Fsp3) is 0.818. The van der Waals surface area contributed by atoms with Crippen LogP contribution in [0.25, 0.3) is 0 Å². The SMILES string of the molecule is CC1(C(=O)NC2(C(=O)O)CCSC2)CCCO1. The highest BCUT2D eigenvalue weighted by molar-refractivity contribution is 7.99. The highest BCUT2D eigenvalue weighted by Gasteiger charge is 2.47. The molecule has 0 aromatic heterocycles. The number of ether oxygens (including phenoxy) is 1. The van der Waals surface area contributed by atoms with E-state index >= 15 is 0 Å². The van der Waals surface area contributed by atoms with Crippen molar-refractivity contribution >= 4 is 23.6 Å². The number of nitrogens with one attached hydrogen (secondary N) is 1. The molecule has 0 saturated carbocycles. The Hall–Kier alpha value is -0.750. The molecule has 2 N–H and O–H groups in total. The van der Waals surface area contributed by atoms with Crippen LogP contribution in [-0.2, 0) is 14.3 Å². The molecule has 17 heavy (non-hydrogen) atoms. The molecule has 0 aromatic carbocycles. The fourth-order valence-electron chi connectivity index (χ4n) is 2.19. The predicted molar refractivity (Wildman–Crippen MR) is 64.0 cm³/mol. The first-order chi connectivity index (χ1) is 7.99. The lowest BCUT2D eigenvalue weighted by Gasteiger charge is -2.30. The lowest BCUT2D eigenvalue weighted by atomic mass is 9.95. The Balaban J connectivity index is 2.08. The quantitative estimate of drug-likeness (QED) is 0.777. The van der Waals surface area contributed by atoms with E-state index in [1.54, 1.807) is 18.7 Å². The van der Waals surface area contributed by atoms with E-state index in [2.05, 4.69) is 5.32 Å². The number of carbonyl (C=O) groups excluding carboxylic acids is 1. The molecule has 1 amide bonds. The molecule has 2 aliphatic heterocycles. The number of rotatable bonds is 3. The van der Waals surface area contributed by atoms with Crippen LogP contribution in [0.2, 0.25) is 0 Å². The molecule has 2 saturated heterocycles. The average Bonchev–Trinajstić information content (AvgIpc) is 2.88. The molecule has 96 valence electrons. The van der Waals surface area contributed by atoms with Crippen molar-refractivity contribution in [1.82, 2.24) is 5.32 Å². The maximum absolute atomic E-state index is 12.1. The van der Waals surface area contributed by atoms with Gasteiger partial charge in [0, 0.05) is 12.4 Å². The number of hydrogen-bond donors (Lipinski definition) is 2. The van der Waals surface area contributed by atoms with Gasteiger partial charge in [-0.1, -0.05) is 0 Å². The van der Waals surface area contributed by atoms with Gasteiger partial charge in [0.15, 0.2) is 0 Å². The second-order valence-corrected chi connectivity index (χ2v) is 5.93. The van der Waals surface area contributed by atoms with E-state index in [9.17, 15) is 14.7 Å². The number of amides is 1. The third-order valence-electron chi connectivity index (χ3n) is 3.48. The minimum Gasteiger partial charge on any atom is -0.479 e. The fourth-order valence-corrected chi connectivity index (χ4v) is 3.52. The van der Waals surface area contributed by atoms with Crippen molar-refractivity contribution < 1.29 is 19.4 Å². The summed E-state index contributed by atoms with van der Waals surface area (Å²) >= 11 is 1.56. The molecule has 2 fully saturated rings. The van der Waals surface area contributed by atoms with Gasteiger partial charge in [-0.2, -0.15) is 11.8 Å². The van der Waals surface area contributed by atoms with Crippen LogP contribution < -0.4 is 5.32 Å². The summed E-state index contributed by atoms with van der Waals surface area (Å²) in [6.45, 7) is 2.30. The van der Waals surface area contributed by atoms with Gasteiger partial charge < -0.3 is 15.2 Å². The van der Waals surface area contributed by atoms with Crippen molar-refractivity contribution in [2.24, 2.45) is 0 Å². The molecule has 0 spiro atoms. The maximum atomic E-state index is 12.1. The zero-order valence-corrected chi connectivity index (χ0v) is 10.6. The molecule has 0 bridgehead atoms. The summed E-state index contributed by atoms with van der Waals surface area (Å²) < 4.78 is 5.43. The topological polar surface area (TPSA) is 75.6 Å². The first-order valence-electron chi connectivity index (χ1n) is 5.76. The summed E-state index contributed by atoms with van der Waals surface area (Å²) in [6.07, 6.45) is 1.98. The lowest BCUT2D eigenvalue weighted by Crippen LogP contribution is -2.59. The highest BCUT2D eigenvalue weighted by atomic mass is 32.2. The van der Waals surface area contributed by atoms with Crippen LogP contribution in [0.1, 0.15) is 26.2 Å². The zero-order valence-electron chi connectivity index (χ0n) is 9.82. The number of carboxylic acids is 1. The Morgan fingerprint density at radius 1 is 1.41 bits per heavy atom. The summed E-state index contributed by atoms with van der Waals surface area (Å²) in [4.78, 5) is 23.4. The van der Waals surface area contributed by atoms with Crippen molar-refractivity contribution in [1.29, 1.82) is 0 Å². The molecular weight excluding hydrogens is 242 g/mol. The molecule has 2 aliphatic rings. The summed E-state index contributed by atoms with van der Waals surface area (Å²) in [5.74, 6) is -0.0359. The third-order valence-corrected chi connectivity index (χ3v) is 4.67. The zero-order chi connectivity index (χ0) is 12.5. The summed E-state index contributed by atoms with van der Waals surface area (Å²) in [5, 5.41) is 12.0. The lowest BCUT2D eigenvalue weighted by molar-refractivity contribution is -0.151. The Morgan fingerprint density at radius 3 is 2.65 bits per heavy atom. The van der Waals surface area contributed by atoms with Crippen molar-refractivity contribution in [3.8, 4) is 0 Å². The van der Waals surface area contributed by atoms with Gasteiger partial charge in [0.05, 0.1) is 0 Å². The standard InChI is InChI=1S/C11H17NO4S/c1-10(3-2-5-16-10)8(13)12-11(9(14)15)4-6-17-7-11/h2-7H2,1H3,(H,12,13)(H,14,15). The molecule has 0 aromatic rings. The molecule has 5 nitrogen and oxygen atoms in total. The van der Waals surface area contributed by atoms with E-state index in [1.165, 1.54) is 0 Å². The van der Waals surface area contributed by atoms with Gasteiger partial charge in [0.25, 0.3) is 5.91 Å². The van der Waals surface area contributed by atoms with Crippen LogP contribution in [0, 0.1) is 0 Å². The molecular formula is C11H17NO4S. The molecule has 0 radical (unpaired) electrons. The van der Waals surface area contributed by atoms with E-state index in [1.807, 2.05) is 0 Å². The van der Waals surface area contributed by atoms with Gasteiger partial charge in [0.2, 0.25) is 0 Å². The molecule has 6 heteroatoms. The summed E-state index contributed by atoms with van der Waals surface area (Å²) in [6, 6.07) is 0. The van der Waals surface area contributed by atoms with Crippen LogP contribution in [0.5, 0.6) is 0 Å². The smallest absolute Gasteiger partial charge is 0.330 e. The second kappa shape index (κ2) is 4.49. The minimum absolute atomic E-state index is 0.292. The minimum atomic E-state index is -1.10. The summed E-state index contributed by atoms with van der Waals surface area (Å²) in [7, 11) is 0. The predicted octanol–water partition coefficient (Wildman–Crippen LogP) is 0.632. The molecule has 2 atom stereocenters. The van der Waals surface area contributed by atoms with Crippen molar-refractivity contribution in [3.05, 3.63) is 0 Å². The first kappa shape index (κ1) is 12.7. The van der Waals surface area contributed by atoms with E-state index < -0.39 is 17.1 Å². The first-order valence-corrected chi connectivity index (χ1v) is 6.92. The van der Waals surface area contributed by atoms with E-state index in [4.69, 9.17) is 4.74 Å². The normalized spacial score (nSPS) is 37.0. The van der Waals surface area contributed by atoms with Gasteiger partial charge in [-0.3, -0.25) is 4.79 Å². The van der Waals surface area contributed by atoms with Crippen LogP contribution in [0.15, 0.2) is 0 Å². The third kappa shape index (κ3) is 2.28. The Labute approximate surface area is 104 Å². The molecule has 2 heterocycles. The van der Waals surface area contributed by atoms with Gasteiger partial charge in [0.1, 0.15) is 11.1 Å². The van der Waals surface area contributed by atoms with Crippen molar-refractivity contribution in [2.45, 2.75) is 37.3 Å². The number of hydrogen-bond acceptors (Lipinski definition) is 4. The Bertz CT molecular complexity index is 332. The molecule has 2 unspecified atom stereocenters. The number of thioether (sulfide) groups is 1. The Morgan fingerprint density at radius 2 is 2.18 bits per heavy atom. The van der Waals surface area contributed by atoms with Crippen molar-refractivity contribution in [2.75, 3.05) is 18.1 Å². The molecule has 0 aliphatic carbocycles. The number of aliphatic carboxylic acids is 1. The number of carbonyl (C=O) groups is 2. The Kier molecular flexibility index (Phi) is 3.36. The highest BCUT2D eigenvalue weighted by Crippen LogP contribution is 2.31. The van der Waals surface area contributed by atoms with Gasteiger partial charge in [-0.05, 0) is 31.9 Å². The van der Waals surface area contributed by atoms with E-state index in [0.29, 0.717) is 25.2 Å². The van der Waals surface area contributed by atoms with Gasteiger partial charge >= 0.3 is 5.97 Å². The van der Waals surface area contributed by atoms with Gasteiger partial charge in [-0.25, -0.2) is 4.79 Å². The monoisotopic (exact) mass is 259 g/mol. The van der Waals surface area contributed by atoms with Crippen molar-refractivity contribution in [3.63, 3.8) is 0 Å².